The fourth-order valence-corrected chi connectivity index (χ4v) is 1.42. The molecule has 0 radical (unpaired) electrons. The van der Waals surface area contributed by atoms with E-state index >= 15 is 0 Å². The second kappa shape index (κ2) is 3.30. The Morgan fingerprint density at radius 3 is 2.93 bits per heavy atom. The molecule has 0 aliphatic rings. The Bertz CT molecular complexity index is 581. The van der Waals surface area contributed by atoms with Crippen molar-refractivity contribution in [1.82, 2.24) is 19.3 Å². The van der Waals surface area contributed by atoms with E-state index in [9.17, 15) is 9.59 Å². The molecule has 2 aromatic heterocycles. The number of Topliss-reactive ketones (excluding diaryl/α,β-unsaturated/α-hetero) is 1. The fourth-order valence-electron chi connectivity index (χ4n) is 1.42. The van der Waals surface area contributed by atoms with E-state index in [0.29, 0.717) is 11.0 Å². The van der Waals surface area contributed by atoms with Crippen molar-refractivity contribution in [3.8, 4) is 0 Å². The zero-order valence-electron chi connectivity index (χ0n) is 8.47. The summed E-state index contributed by atoms with van der Waals surface area (Å²) in [5, 5.41) is 4.36. The lowest BCUT2D eigenvalue weighted by atomic mass is 10.4. The van der Waals surface area contributed by atoms with Crippen LogP contribution in [0.1, 0.15) is 6.92 Å². The van der Waals surface area contributed by atoms with Crippen LogP contribution in [0, 0.1) is 0 Å². The van der Waals surface area contributed by atoms with E-state index in [4.69, 9.17) is 0 Å². The van der Waals surface area contributed by atoms with Crippen molar-refractivity contribution in [2.24, 2.45) is 7.05 Å². The van der Waals surface area contributed by atoms with Gasteiger partial charge in [0, 0.05) is 7.05 Å². The molecule has 0 bridgehead atoms. The molecule has 2 heterocycles. The maximum Gasteiger partial charge on any atom is 0.264 e. The van der Waals surface area contributed by atoms with Gasteiger partial charge in [0.1, 0.15) is 17.5 Å². The van der Waals surface area contributed by atoms with Crippen LogP contribution in [0.15, 0.2) is 17.3 Å². The number of carbonyl (C=O) groups is 1. The topological polar surface area (TPSA) is 69.8 Å². The summed E-state index contributed by atoms with van der Waals surface area (Å²) in [6.45, 7) is 1.48. The van der Waals surface area contributed by atoms with Gasteiger partial charge in [-0.1, -0.05) is 0 Å². The minimum absolute atomic E-state index is 0.0522. The number of carbonyl (C=O) groups excluding carboxylic acids is 1. The van der Waals surface area contributed by atoms with Crippen LogP contribution in [0.25, 0.3) is 11.0 Å². The molecule has 0 saturated heterocycles. The van der Waals surface area contributed by atoms with Crippen molar-refractivity contribution in [3.63, 3.8) is 0 Å². The largest absolute Gasteiger partial charge is 0.298 e. The molecule has 0 spiro atoms. The van der Waals surface area contributed by atoms with Gasteiger partial charge in [0.25, 0.3) is 5.56 Å². The molecule has 0 atom stereocenters. The van der Waals surface area contributed by atoms with Gasteiger partial charge in [-0.15, -0.1) is 0 Å². The third-order valence-corrected chi connectivity index (χ3v) is 2.11. The lowest BCUT2D eigenvalue weighted by Crippen LogP contribution is -2.23. The van der Waals surface area contributed by atoms with Gasteiger partial charge in [0.15, 0.2) is 5.65 Å². The van der Waals surface area contributed by atoms with E-state index in [0.717, 1.165) is 0 Å². The highest BCUT2D eigenvalue weighted by Gasteiger charge is 2.08. The molecule has 2 rings (SSSR count). The van der Waals surface area contributed by atoms with Crippen LogP contribution in [-0.4, -0.2) is 25.1 Å². The average Bonchev–Trinajstić information content (AvgIpc) is 2.53. The lowest BCUT2D eigenvalue weighted by Gasteiger charge is -2.01. The summed E-state index contributed by atoms with van der Waals surface area (Å²) >= 11 is 0. The Morgan fingerprint density at radius 1 is 1.53 bits per heavy atom. The van der Waals surface area contributed by atoms with E-state index < -0.39 is 0 Å². The van der Waals surface area contributed by atoms with E-state index in [2.05, 4.69) is 10.1 Å². The van der Waals surface area contributed by atoms with Gasteiger partial charge in [-0.2, -0.15) is 5.10 Å². The molecule has 0 fully saturated rings. The minimum atomic E-state index is -0.233. The van der Waals surface area contributed by atoms with Crippen LogP contribution >= 0.6 is 0 Å². The SMILES string of the molecule is CC(=O)Cn1cnc2c(cnn2C)c1=O. The van der Waals surface area contributed by atoms with Gasteiger partial charge in [-0.25, -0.2) is 4.98 Å². The maximum atomic E-state index is 11.8. The first kappa shape index (κ1) is 9.57. The third-order valence-electron chi connectivity index (χ3n) is 2.11. The first-order valence-corrected chi connectivity index (χ1v) is 4.46. The molecule has 0 aliphatic carbocycles. The van der Waals surface area contributed by atoms with Crippen LogP contribution < -0.4 is 5.56 Å². The summed E-state index contributed by atoms with van der Waals surface area (Å²) < 4.78 is 2.81. The van der Waals surface area contributed by atoms with Gasteiger partial charge in [-0.05, 0) is 6.92 Å². The van der Waals surface area contributed by atoms with E-state index in [-0.39, 0.29) is 17.9 Å². The number of ketones is 1. The summed E-state index contributed by atoms with van der Waals surface area (Å²) in [6.07, 6.45) is 2.83. The number of fused-ring (bicyclic) bond motifs is 1. The molecule has 6 nitrogen and oxygen atoms in total. The molecule has 0 unspecified atom stereocenters. The molecule has 0 aromatic carbocycles. The van der Waals surface area contributed by atoms with Crippen molar-refractivity contribution in [2.75, 3.05) is 0 Å². The lowest BCUT2D eigenvalue weighted by molar-refractivity contribution is -0.117. The smallest absolute Gasteiger partial charge is 0.264 e. The summed E-state index contributed by atoms with van der Waals surface area (Å²) in [4.78, 5) is 26.8. The van der Waals surface area contributed by atoms with Gasteiger partial charge >= 0.3 is 0 Å². The molecule has 0 aliphatic heterocycles. The highest BCUT2D eigenvalue weighted by atomic mass is 16.1. The quantitative estimate of drug-likeness (QED) is 0.677. The molecular formula is C9H10N4O2. The van der Waals surface area contributed by atoms with E-state index in [1.807, 2.05) is 0 Å². The van der Waals surface area contributed by atoms with Crippen molar-refractivity contribution in [2.45, 2.75) is 13.5 Å². The molecule has 2 aromatic rings. The van der Waals surface area contributed by atoms with Gasteiger partial charge in [0.05, 0.1) is 12.7 Å². The monoisotopic (exact) mass is 206 g/mol. The van der Waals surface area contributed by atoms with Crippen molar-refractivity contribution in [3.05, 3.63) is 22.9 Å². The number of nitrogens with zero attached hydrogens (tertiary/aromatic N) is 4. The standard InChI is InChI=1S/C9H10N4O2/c1-6(14)4-13-5-10-8-7(9(13)15)3-11-12(8)2/h3,5H,4H2,1-2H3. The molecule has 0 N–H and O–H groups in total. The van der Waals surface area contributed by atoms with Crippen LogP contribution in [0.4, 0.5) is 0 Å². The van der Waals surface area contributed by atoms with Crippen LogP contribution in [0.2, 0.25) is 0 Å². The Balaban J connectivity index is 2.66. The Kier molecular flexibility index (Phi) is 2.11. The molecule has 78 valence electrons. The predicted molar refractivity (Wildman–Crippen MR) is 53.5 cm³/mol. The van der Waals surface area contributed by atoms with Crippen LogP contribution in [-0.2, 0) is 18.4 Å². The zero-order chi connectivity index (χ0) is 11.0. The fraction of sp³-hybridized carbons (Fsp3) is 0.333. The number of rotatable bonds is 2. The summed E-state index contributed by atoms with van der Waals surface area (Å²) in [5.41, 5.74) is 0.295. The summed E-state index contributed by atoms with van der Waals surface area (Å²) in [6, 6.07) is 0. The number of hydrogen-bond donors (Lipinski definition) is 0. The normalized spacial score (nSPS) is 10.8. The highest BCUT2D eigenvalue weighted by Crippen LogP contribution is 2.02. The molecule has 6 heteroatoms. The molecular weight excluding hydrogens is 196 g/mol. The van der Waals surface area contributed by atoms with Gasteiger partial charge in [0.2, 0.25) is 0 Å². The highest BCUT2D eigenvalue weighted by molar-refractivity contribution is 5.76. The van der Waals surface area contributed by atoms with Crippen LogP contribution in [0.5, 0.6) is 0 Å². The first-order chi connectivity index (χ1) is 7.09. The zero-order valence-corrected chi connectivity index (χ0v) is 8.47. The maximum absolute atomic E-state index is 11.8. The summed E-state index contributed by atoms with van der Waals surface area (Å²) in [5.74, 6) is -0.0814. The van der Waals surface area contributed by atoms with Gasteiger partial charge in [-0.3, -0.25) is 18.8 Å². The first-order valence-electron chi connectivity index (χ1n) is 4.46. The number of aryl methyl sites for hydroxylation is 1. The second-order valence-electron chi connectivity index (χ2n) is 3.39. The summed E-state index contributed by atoms with van der Waals surface area (Å²) in [7, 11) is 1.71. The number of hydrogen-bond acceptors (Lipinski definition) is 4. The average molecular weight is 206 g/mol. The van der Waals surface area contributed by atoms with Crippen LogP contribution in [0.3, 0.4) is 0 Å². The second-order valence-corrected chi connectivity index (χ2v) is 3.39. The number of aromatic nitrogens is 4. The Morgan fingerprint density at radius 2 is 2.27 bits per heavy atom. The van der Waals surface area contributed by atoms with E-state index in [1.54, 1.807) is 7.05 Å². The Labute approximate surface area is 85.2 Å². The van der Waals surface area contributed by atoms with Crippen molar-refractivity contribution < 1.29 is 4.79 Å². The molecule has 0 amide bonds. The van der Waals surface area contributed by atoms with E-state index in [1.165, 1.54) is 28.7 Å². The van der Waals surface area contributed by atoms with Gasteiger partial charge < -0.3 is 0 Å². The molecule has 0 saturated carbocycles. The minimum Gasteiger partial charge on any atom is -0.298 e. The van der Waals surface area contributed by atoms with Crippen molar-refractivity contribution >= 4 is 16.8 Å². The molecule has 15 heavy (non-hydrogen) atoms. The van der Waals surface area contributed by atoms with Crippen molar-refractivity contribution in [1.29, 1.82) is 0 Å². The predicted octanol–water partition coefficient (Wildman–Crippen LogP) is -0.281. The Hall–Kier alpha value is -1.98. The third kappa shape index (κ3) is 1.54.